The molecule has 0 unspecified atom stereocenters. The molecule has 0 atom stereocenters. The van der Waals surface area contributed by atoms with Gasteiger partial charge >= 0.3 is 0 Å². The normalized spacial score (nSPS) is 11.9. The third kappa shape index (κ3) is 4.10. The predicted octanol–water partition coefficient (Wildman–Crippen LogP) is 5.07. The molecule has 5 nitrogen and oxygen atoms in total. The molecule has 3 aromatic heterocycles. The summed E-state index contributed by atoms with van der Waals surface area (Å²) in [5.74, 6) is -0.0319. The number of ketones is 1. The largest absolute Gasteiger partial charge is 0.386 e. The predicted molar refractivity (Wildman–Crippen MR) is 116 cm³/mol. The third-order valence-corrected chi connectivity index (χ3v) is 5.94. The molecule has 0 radical (unpaired) electrons. The number of aliphatic hydroxyl groups is 1. The van der Waals surface area contributed by atoms with E-state index in [1.54, 1.807) is 42.6 Å². The lowest BCUT2D eigenvalue weighted by Crippen LogP contribution is -2.15. The summed E-state index contributed by atoms with van der Waals surface area (Å²) in [7, 11) is 0. The maximum absolute atomic E-state index is 12.8. The highest BCUT2D eigenvalue weighted by Crippen LogP contribution is 2.32. The topological polar surface area (TPSA) is 67.5 Å². The van der Waals surface area contributed by atoms with E-state index in [9.17, 15) is 9.90 Å². The molecule has 148 valence electrons. The first-order chi connectivity index (χ1) is 13.7. The highest BCUT2D eigenvalue weighted by molar-refractivity contribution is 7.19. The molecule has 0 aliphatic heterocycles. The lowest BCUT2D eigenvalue weighted by molar-refractivity contribution is 0.0784. The maximum atomic E-state index is 12.8. The molecule has 0 saturated carbocycles. The van der Waals surface area contributed by atoms with Crippen LogP contribution in [-0.2, 0) is 12.0 Å². The highest BCUT2D eigenvalue weighted by Gasteiger charge is 2.18. The van der Waals surface area contributed by atoms with Gasteiger partial charge in [0, 0.05) is 11.6 Å². The summed E-state index contributed by atoms with van der Waals surface area (Å²) in [6.45, 7) is 5.35. The van der Waals surface area contributed by atoms with Crippen molar-refractivity contribution in [2.75, 3.05) is 0 Å². The molecule has 0 aliphatic carbocycles. The number of rotatable bonds is 5. The zero-order valence-corrected chi connectivity index (χ0v) is 17.9. The quantitative estimate of drug-likeness (QED) is 0.453. The van der Waals surface area contributed by atoms with Gasteiger partial charge in [0.05, 0.1) is 38.3 Å². The van der Waals surface area contributed by atoms with E-state index in [0.29, 0.717) is 21.2 Å². The van der Waals surface area contributed by atoms with Crippen molar-refractivity contribution in [1.82, 2.24) is 14.6 Å². The number of aromatic nitrogens is 3. The summed E-state index contributed by atoms with van der Waals surface area (Å²) < 4.78 is 2.47. The van der Waals surface area contributed by atoms with Gasteiger partial charge in [0.1, 0.15) is 0 Å². The number of hydrogen-bond acceptors (Lipinski definition) is 5. The van der Waals surface area contributed by atoms with Crippen LogP contribution < -0.4 is 0 Å². The molecule has 3 heterocycles. The van der Waals surface area contributed by atoms with Gasteiger partial charge in [-0.15, -0.1) is 11.3 Å². The van der Waals surface area contributed by atoms with E-state index in [0.717, 1.165) is 21.8 Å². The highest BCUT2D eigenvalue weighted by atomic mass is 35.5. The summed E-state index contributed by atoms with van der Waals surface area (Å²) >= 11 is 7.58. The SMILES string of the molecule is Cc1cc2nc(CC(=O)c3ccc(C(C)(C)O)cc3)cc(-c3ccc(Cl)s3)n2n1. The number of aryl methyl sites for hydroxylation is 1. The van der Waals surface area contributed by atoms with Crippen molar-refractivity contribution in [1.29, 1.82) is 0 Å². The number of thiophene rings is 1. The number of hydrogen-bond donors (Lipinski definition) is 1. The molecule has 0 saturated heterocycles. The van der Waals surface area contributed by atoms with Crippen molar-refractivity contribution in [2.45, 2.75) is 32.8 Å². The van der Waals surface area contributed by atoms with Gasteiger partial charge < -0.3 is 5.11 Å². The van der Waals surface area contributed by atoms with E-state index in [1.807, 2.05) is 31.2 Å². The minimum Gasteiger partial charge on any atom is -0.386 e. The number of carbonyl (C=O) groups is 1. The summed E-state index contributed by atoms with van der Waals surface area (Å²) in [5, 5.41) is 14.6. The Balaban J connectivity index is 1.68. The minimum atomic E-state index is -0.940. The van der Waals surface area contributed by atoms with Crippen LogP contribution in [0.4, 0.5) is 0 Å². The number of nitrogens with zero attached hydrogens (tertiary/aromatic N) is 3. The molecule has 0 amide bonds. The Morgan fingerprint density at radius 1 is 1.17 bits per heavy atom. The summed E-state index contributed by atoms with van der Waals surface area (Å²) in [6, 6.07) is 14.6. The first-order valence-corrected chi connectivity index (χ1v) is 10.4. The van der Waals surface area contributed by atoms with Crippen LogP contribution in [-0.4, -0.2) is 25.5 Å². The Bertz CT molecular complexity index is 1200. The van der Waals surface area contributed by atoms with Crippen LogP contribution in [0.1, 0.15) is 41.2 Å². The van der Waals surface area contributed by atoms with Crippen LogP contribution in [0.15, 0.2) is 48.5 Å². The molecule has 4 rings (SSSR count). The molecule has 1 aromatic carbocycles. The number of carbonyl (C=O) groups excluding carboxylic acids is 1. The first kappa shape index (κ1) is 19.8. The van der Waals surface area contributed by atoms with E-state index >= 15 is 0 Å². The number of benzene rings is 1. The summed E-state index contributed by atoms with van der Waals surface area (Å²) in [6.07, 6.45) is 0.175. The standard InChI is InChI=1S/C22H20ClN3O2S/c1-13-10-21-24-16(11-17(26(21)25-13)19-8-9-20(23)29-19)12-18(27)14-4-6-15(7-5-14)22(2,3)28/h4-11,28H,12H2,1-3H3. The van der Waals surface area contributed by atoms with Crippen molar-refractivity contribution in [3.63, 3.8) is 0 Å². The lowest BCUT2D eigenvalue weighted by atomic mass is 9.96. The van der Waals surface area contributed by atoms with Crippen LogP contribution in [0.5, 0.6) is 0 Å². The van der Waals surface area contributed by atoms with Crippen LogP contribution >= 0.6 is 22.9 Å². The van der Waals surface area contributed by atoms with Crippen LogP contribution in [0.25, 0.3) is 16.2 Å². The van der Waals surface area contributed by atoms with Gasteiger partial charge in [-0.25, -0.2) is 9.50 Å². The fourth-order valence-electron chi connectivity index (χ4n) is 3.19. The van der Waals surface area contributed by atoms with E-state index in [4.69, 9.17) is 11.6 Å². The van der Waals surface area contributed by atoms with Gasteiger partial charge in [-0.3, -0.25) is 4.79 Å². The first-order valence-electron chi connectivity index (χ1n) is 9.19. The van der Waals surface area contributed by atoms with Gasteiger partial charge in [0.2, 0.25) is 0 Å². The second-order valence-corrected chi connectivity index (χ2v) is 9.24. The molecule has 0 spiro atoms. The zero-order chi connectivity index (χ0) is 20.8. The Hall–Kier alpha value is -2.54. The Kier molecular flexibility index (Phi) is 5.02. The Morgan fingerprint density at radius 2 is 1.90 bits per heavy atom. The van der Waals surface area contributed by atoms with E-state index in [-0.39, 0.29) is 12.2 Å². The van der Waals surface area contributed by atoms with Crippen LogP contribution in [0.3, 0.4) is 0 Å². The molecule has 0 fully saturated rings. The van der Waals surface area contributed by atoms with Crippen molar-refractivity contribution in [2.24, 2.45) is 0 Å². The maximum Gasteiger partial charge on any atom is 0.168 e. The monoisotopic (exact) mass is 425 g/mol. The zero-order valence-electron chi connectivity index (χ0n) is 16.3. The molecule has 0 aliphatic rings. The molecule has 29 heavy (non-hydrogen) atoms. The average molecular weight is 426 g/mol. The fourth-order valence-corrected chi connectivity index (χ4v) is 4.23. The second-order valence-electron chi connectivity index (χ2n) is 7.53. The summed E-state index contributed by atoms with van der Waals surface area (Å²) in [5.41, 5.74) is 3.50. The minimum absolute atomic E-state index is 0.0319. The van der Waals surface area contributed by atoms with Gasteiger partial charge in [-0.2, -0.15) is 5.10 Å². The molecular formula is C22H20ClN3O2S. The third-order valence-electron chi connectivity index (χ3n) is 4.68. The fraction of sp³-hybridized carbons (Fsp3) is 0.227. The van der Waals surface area contributed by atoms with Gasteiger partial charge in [-0.05, 0) is 44.5 Å². The second kappa shape index (κ2) is 7.37. The average Bonchev–Trinajstić information content (AvgIpc) is 3.25. The van der Waals surface area contributed by atoms with Gasteiger partial charge in [0.15, 0.2) is 11.4 Å². The molecule has 4 aromatic rings. The number of fused-ring (bicyclic) bond motifs is 1. The van der Waals surface area contributed by atoms with Crippen molar-refractivity contribution in [3.8, 4) is 10.6 Å². The Labute approximate surface area is 177 Å². The summed E-state index contributed by atoms with van der Waals surface area (Å²) in [4.78, 5) is 18.4. The van der Waals surface area contributed by atoms with Crippen LogP contribution in [0.2, 0.25) is 4.34 Å². The number of halogens is 1. The van der Waals surface area contributed by atoms with E-state index in [2.05, 4.69) is 10.1 Å². The Morgan fingerprint density at radius 3 is 2.52 bits per heavy atom. The van der Waals surface area contributed by atoms with Crippen molar-refractivity contribution < 1.29 is 9.90 Å². The van der Waals surface area contributed by atoms with Crippen molar-refractivity contribution in [3.05, 3.63) is 75.4 Å². The van der Waals surface area contributed by atoms with E-state index < -0.39 is 5.60 Å². The van der Waals surface area contributed by atoms with Crippen molar-refractivity contribution >= 4 is 34.4 Å². The van der Waals surface area contributed by atoms with Gasteiger partial charge in [0.25, 0.3) is 0 Å². The van der Waals surface area contributed by atoms with Crippen LogP contribution in [0, 0.1) is 6.92 Å². The molecule has 1 N–H and O–H groups in total. The molecule has 0 bridgehead atoms. The smallest absolute Gasteiger partial charge is 0.168 e. The lowest BCUT2D eigenvalue weighted by Gasteiger charge is -2.17. The van der Waals surface area contributed by atoms with E-state index in [1.165, 1.54) is 11.3 Å². The molecule has 7 heteroatoms. The number of Topliss-reactive ketones (excluding diaryl/α,β-unsaturated/α-hetero) is 1. The molecular weight excluding hydrogens is 406 g/mol. The van der Waals surface area contributed by atoms with Gasteiger partial charge in [-0.1, -0.05) is 35.9 Å².